The molecule has 1 fully saturated rings. The van der Waals surface area contributed by atoms with Crippen LogP contribution in [0.15, 0.2) is 18.2 Å². The van der Waals surface area contributed by atoms with Crippen molar-refractivity contribution in [3.63, 3.8) is 0 Å². The van der Waals surface area contributed by atoms with Crippen LogP contribution in [0.5, 0.6) is 5.75 Å². The highest BCUT2D eigenvalue weighted by atomic mass is 16.6. The van der Waals surface area contributed by atoms with E-state index in [0.717, 1.165) is 25.7 Å². The normalized spacial score (nSPS) is 22.5. The zero-order valence-corrected chi connectivity index (χ0v) is 10.4. The molecule has 0 unspecified atom stereocenters. The Kier molecular flexibility index (Phi) is 3.97. The van der Waals surface area contributed by atoms with Crippen LogP contribution in [-0.4, -0.2) is 17.1 Å². The molecule has 1 saturated carbocycles. The maximum Gasteiger partial charge on any atom is 0.328 e. The highest BCUT2D eigenvalue weighted by Crippen LogP contribution is 2.33. The maximum atomic E-state index is 11.0. The molecule has 2 N–H and O–H groups in total. The number of nitro groups is 1. The van der Waals surface area contributed by atoms with Crippen molar-refractivity contribution in [1.29, 1.82) is 5.26 Å². The molecule has 1 aliphatic rings. The van der Waals surface area contributed by atoms with Crippen LogP contribution < -0.4 is 10.5 Å². The minimum absolute atomic E-state index is 0.0232. The van der Waals surface area contributed by atoms with E-state index in [4.69, 9.17) is 15.7 Å². The topological polar surface area (TPSA) is 102 Å². The number of para-hydroxylation sites is 1. The van der Waals surface area contributed by atoms with Gasteiger partial charge in [-0.1, -0.05) is 6.07 Å². The summed E-state index contributed by atoms with van der Waals surface area (Å²) in [6.07, 6.45) is 3.23. The van der Waals surface area contributed by atoms with Gasteiger partial charge < -0.3 is 10.5 Å². The molecule has 1 aliphatic carbocycles. The van der Waals surface area contributed by atoms with Crippen LogP contribution in [-0.2, 0) is 0 Å². The predicted octanol–water partition coefficient (Wildman–Crippen LogP) is 2.12. The molecule has 0 spiro atoms. The number of hydrogen-bond donors (Lipinski definition) is 1. The van der Waals surface area contributed by atoms with Gasteiger partial charge in [0.2, 0.25) is 0 Å². The molecule has 0 atom stereocenters. The third-order valence-corrected chi connectivity index (χ3v) is 3.31. The predicted molar refractivity (Wildman–Crippen MR) is 68.7 cm³/mol. The number of nitrogens with zero attached hydrogens (tertiary/aromatic N) is 2. The molecule has 0 heterocycles. The Labute approximate surface area is 110 Å². The first-order valence-corrected chi connectivity index (χ1v) is 6.21. The summed E-state index contributed by atoms with van der Waals surface area (Å²) in [6, 6.07) is 6.56. The Balaban J connectivity index is 2.21. The lowest BCUT2D eigenvalue weighted by Gasteiger charge is -2.26. The van der Waals surface area contributed by atoms with Crippen LogP contribution in [0.4, 0.5) is 5.69 Å². The van der Waals surface area contributed by atoms with Crippen LogP contribution in [0.1, 0.15) is 31.2 Å². The van der Waals surface area contributed by atoms with E-state index in [-0.39, 0.29) is 29.1 Å². The average Bonchev–Trinajstić information content (AvgIpc) is 2.40. The van der Waals surface area contributed by atoms with E-state index in [9.17, 15) is 10.1 Å². The minimum atomic E-state index is -0.567. The fraction of sp³-hybridized carbons (Fsp3) is 0.462. The Morgan fingerprint density at radius 1 is 1.37 bits per heavy atom. The molecule has 1 aromatic carbocycles. The van der Waals surface area contributed by atoms with E-state index >= 15 is 0 Å². The van der Waals surface area contributed by atoms with Gasteiger partial charge in [0.1, 0.15) is 11.6 Å². The largest absolute Gasteiger partial charge is 0.483 e. The lowest BCUT2D eigenvalue weighted by atomic mass is 9.93. The molecule has 0 bridgehead atoms. The van der Waals surface area contributed by atoms with E-state index in [1.165, 1.54) is 12.1 Å². The van der Waals surface area contributed by atoms with Crippen molar-refractivity contribution in [3.8, 4) is 11.8 Å². The highest BCUT2D eigenvalue weighted by Gasteiger charge is 2.25. The van der Waals surface area contributed by atoms with Crippen molar-refractivity contribution in [2.75, 3.05) is 0 Å². The lowest BCUT2D eigenvalue weighted by Crippen LogP contribution is -2.31. The molecular weight excluding hydrogens is 246 g/mol. The van der Waals surface area contributed by atoms with Crippen molar-refractivity contribution in [2.45, 2.75) is 37.8 Å². The smallest absolute Gasteiger partial charge is 0.328 e. The van der Waals surface area contributed by atoms with Crippen LogP contribution >= 0.6 is 0 Å². The van der Waals surface area contributed by atoms with Crippen LogP contribution in [0.25, 0.3) is 0 Å². The van der Waals surface area contributed by atoms with Gasteiger partial charge in [-0.2, -0.15) is 5.26 Å². The molecule has 0 saturated heterocycles. The third kappa shape index (κ3) is 3.01. The number of nitriles is 1. The Bertz CT molecular complexity index is 516. The van der Waals surface area contributed by atoms with Gasteiger partial charge in [-0.15, -0.1) is 0 Å². The SMILES string of the molecule is N#Cc1cccc(OC2CCC(N)CC2)c1[N+](=O)[O-]. The Morgan fingerprint density at radius 2 is 2.05 bits per heavy atom. The number of hydrogen-bond acceptors (Lipinski definition) is 5. The van der Waals surface area contributed by atoms with Crippen molar-refractivity contribution >= 4 is 5.69 Å². The van der Waals surface area contributed by atoms with Gasteiger partial charge >= 0.3 is 5.69 Å². The summed E-state index contributed by atoms with van der Waals surface area (Å²) >= 11 is 0. The monoisotopic (exact) mass is 261 g/mol. The second-order valence-corrected chi connectivity index (χ2v) is 4.68. The Morgan fingerprint density at radius 3 is 2.63 bits per heavy atom. The number of ether oxygens (including phenoxy) is 1. The van der Waals surface area contributed by atoms with Crippen LogP contribution in [0.3, 0.4) is 0 Å². The van der Waals surface area contributed by atoms with E-state index < -0.39 is 4.92 Å². The summed E-state index contributed by atoms with van der Waals surface area (Å²) in [5, 5.41) is 20.0. The van der Waals surface area contributed by atoms with Gasteiger partial charge in [0.15, 0.2) is 5.75 Å². The Hall–Kier alpha value is -2.13. The van der Waals surface area contributed by atoms with E-state index in [0.29, 0.717) is 0 Å². The molecule has 0 aromatic heterocycles. The van der Waals surface area contributed by atoms with Crippen LogP contribution in [0.2, 0.25) is 0 Å². The average molecular weight is 261 g/mol. The summed E-state index contributed by atoms with van der Waals surface area (Å²) < 4.78 is 5.69. The number of nitro benzene ring substituents is 1. The second-order valence-electron chi connectivity index (χ2n) is 4.68. The number of rotatable bonds is 3. The van der Waals surface area contributed by atoms with Gasteiger partial charge in [0, 0.05) is 6.04 Å². The van der Waals surface area contributed by atoms with Crippen molar-refractivity contribution in [1.82, 2.24) is 0 Å². The third-order valence-electron chi connectivity index (χ3n) is 3.31. The standard InChI is InChI=1S/C13H15N3O3/c14-8-9-2-1-3-12(13(9)16(17)18)19-11-6-4-10(15)5-7-11/h1-3,10-11H,4-7,15H2. The van der Waals surface area contributed by atoms with Crippen LogP contribution in [0, 0.1) is 21.4 Å². The van der Waals surface area contributed by atoms with Gasteiger partial charge in [-0.3, -0.25) is 10.1 Å². The first-order chi connectivity index (χ1) is 9.11. The minimum Gasteiger partial charge on any atom is -0.483 e. The molecule has 0 aliphatic heterocycles. The molecule has 0 amide bonds. The summed E-state index contributed by atoms with van der Waals surface area (Å²) in [4.78, 5) is 10.5. The molecule has 6 heteroatoms. The van der Waals surface area contributed by atoms with E-state index in [1.54, 1.807) is 6.07 Å². The van der Waals surface area contributed by atoms with Crippen molar-refractivity contribution < 1.29 is 9.66 Å². The molecule has 100 valence electrons. The van der Waals surface area contributed by atoms with E-state index in [2.05, 4.69) is 0 Å². The highest BCUT2D eigenvalue weighted by molar-refractivity contribution is 5.58. The quantitative estimate of drug-likeness (QED) is 0.663. The number of benzene rings is 1. The first-order valence-electron chi connectivity index (χ1n) is 6.21. The molecule has 6 nitrogen and oxygen atoms in total. The van der Waals surface area contributed by atoms with Gasteiger partial charge in [0.25, 0.3) is 0 Å². The summed E-state index contributed by atoms with van der Waals surface area (Å²) in [6.45, 7) is 0. The van der Waals surface area contributed by atoms with E-state index in [1.807, 2.05) is 6.07 Å². The van der Waals surface area contributed by atoms with Crippen molar-refractivity contribution in [3.05, 3.63) is 33.9 Å². The first kappa shape index (κ1) is 13.3. The molecule has 0 radical (unpaired) electrons. The molecule has 1 aromatic rings. The summed E-state index contributed by atoms with van der Waals surface area (Å²) in [5.74, 6) is 0.171. The van der Waals surface area contributed by atoms with Gasteiger partial charge in [-0.25, -0.2) is 0 Å². The number of nitrogens with two attached hydrogens (primary N) is 1. The zero-order chi connectivity index (χ0) is 13.8. The fourth-order valence-corrected chi connectivity index (χ4v) is 2.28. The van der Waals surface area contributed by atoms with Gasteiger partial charge in [-0.05, 0) is 37.8 Å². The molecule has 19 heavy (non-hydrogen) atoms. The van der Waals surface area contributed by atoms with Crippen molar-refractivity contribution in [2.24, 2.45) is 5.73 Å². The van der Waals surface area contributed by atoms with Gasteiger partial charge in [0.05, 0.1) is 11.0 Å². The summed E-state index contributed by atoms with van der Waals surface area (Å²) in [7, 11) is 0. The summed E-state index contributed by atoms with van der Waals surface area (Å²) in [5.41, 5.74) is 5.58. The molecular formula is C13H15N3O3. The second kappa shape index (κ2) is 5.67. The lowest BCUT2D eigenvalue weighted by molar-refractivity contribution is -0.386. The fourth-order valence-electron chi connectivity index (χ4n) is 2.28. The maximum absolute atomic E-state index is 11.0. The molecule has 2 rings (SSSR count). The zero-order valence-electron chi connectivity index (χ0n) is 10.4.